The Hall–Kier alpha value is -1.78. The molecule has 0 N–H and O–H groups in total. The molecule has 2 heterocycles. The molecular weight excluding hydrogens is 490 g/mol. The number of piperidine rings is 2. The van der Waals surface area contributed by atoms with E-state index in [4.69, 9.17) is 9.47 Å². The first-order valence-electron chi connectivity index (χ1n) is 13.1. The van der Waals surface area contributed by atoms with E-state index in [1.807, 2.05) is 0 Å². The van der Waals surface area contributed by atoms with E-state index in [9.17, 15) is 22.0 Å². The van der Waals surface area contributed by atoms with Crippen molar-refractivity contribution in [1.29, 1.82) is 0 Å². The normalized spacial score (nSPS) is 21.9. The minimum atomic E-state index is -3.47. The molecule has 36 heavy (non-hydrogen) atoms. The zero-order valence-electron chi connectivity index (χ0n) is 21.3. The van der Waals surface area contributed by atoms with Gasteiger partial charge in [-0.3, -0.25) is 9.69 Å². The minimum Gasteiger partial charge on any atom is -0.487 e. The number of benzene rings is 1. The third-order valence-corrected chi connectivity index (χ3v) is 9.96. The molecule has 0 spiro atoms. The van der Waals surface area contributed by atoms with Gasteiger partial charge in [0.05, 0.1) is 19.0 Å². The molecule has 3 fully saturated rings. The molecule has 0 amide bonds. The van der Waals surface area contributed by atoms with Crippen LogP contribution in [0.1, 0.15) is 70.3 Å². The van der Waals surface area contributed by atoms with Gasteiger partial charge < -0.3 is 9.47 Å². The summed E-state index contributed by atoms with van der Waals surface area (Å²) >= 11 is 0. The highest BCUT2D eigenvalue weighted by Gasteiger charge is 2.44. The summed E-state index contributed by atoms with van der Waals surface area (Å²) in [5.41, 5.74) is 0.904. The summed E-state index contributed by atoms with van der Waals surface area (Å²) in [6.45, 7) is 6.56. The van der Waals surface area contributed by atoms with E-state index in [1.54, 1.807) is 0 Å². The van der Waals surface area contributed by atoms with Crippen LogP contribution < -0.4 is 4.74 Å². The van der Waals surface area contributed by atoms with Gasteiger partial charge in [0.2, 0.25) is 10.0 Å². The molecule has 4 rings (SSSR count). The lowest BCUT2D eigenvalue weighted by atomic mass is 9.90. The van der Waals surface area contributed by atoms with E-state index in [0.29, 0.717) is 49.6 Å². The second kappa shape index (κ2) is 11.3. The summed E-state index contributed by atoms with van der Waals surface area (Å²) in [4.78, 5) is 13.3. The Bertz CT molecular complexity index is 1010. The lowest BCUT2D eigenvalue weighted by Gasteiger charge is -2.36. The predicted molar refractivity (Wildman–Crippen MR) is 132 cm³/mol. The third kappa shape index (κ3) is 6.75. The lowest BCUT2D eigenvalue weighted by molar-refractivity contribution is -0.140. The van der Waals surface area contributed by atoms with Crippen molar-refractivity contribution in [2.45, 2.75) is 70.3 Å². The van der Waals surface area contributed by atoms with Crippen LogP contribution in [0.15, 0.2) is 12.1 Å². The van der Waals surface area contributed by atoms with Crippen LogP contribution in [0.2, 0.25) is 0 Å². The summed E-state index contributed by atoms with van der Waals surface area (Å²) in [5, 5.41) is 0. The van der Waals surface area contributed by atoms with Gasteiger partial charge in [0, 0.05) is 25.6 Å². The fraction of sp³-hybridized carbons (Fsp3) is 0.731. The van der Waals surface area contributed by atoms with Crippen molar-refractivity contribution in [3.05, 3.63) is 29.3 Å². The molecule has 1 saturated carbocycles. The Kier molecular flexibility index (Phi) is 8.56. The zero-order chi connectivity index (χ0) is 25.9. The number of likely N-dealkylation sites (tertiary alicyclic amines) is 1. The van der Waals surface area contributed by atoms with Crippen molar-refractivity contribution in [2.24, 2.45) is 5.92 Å². The molecule has 0 unspecified atom stereocenters. The molecule has 3 aliphatic rings. The molecule has 202 valence electrons. The second-order valence-corrected chi connectivity index (χ2v) is 12.8. The Morgan fingerprint density at radius 2 is 1.67 bits per heavy atom. The van der Waals surface area contributed by atoms with Crippen LogP contribution in [0.25, 0.3) is 0 Å². The minimum absolute atomic E-state index is 0.0661. The molecule has 2 aliphatic heterocycles. The van der Waals surface area contributed by atoms with Crippen molar-refractivity contribution in [1.82, 2.24) is 9.21 Å². The Balaban J connectivity index is 1.25. The number of halogens is 2. The van der Waals surface area contributed by atoms with Crippen LogP contribution in [0.5, 0.6) is 5.75 Å². The van der Waals surface area contributed by atoms with Gasteiger partial charge in [0.1, 0.15) is 0 Å². The number of sulfonamides is 1. The fourth-order valence-electron chi connectivity index (χ4n) is 5.34. The highest BCUT2D eigenvalue weighted by molar-refractivity contribution is 7.89. The molecule has 2 saturated heterocycles. The van der Waals surface area contributed by atoms with Gasteiger partial charge in [-0.05, 0) is 94.5 Å². The van der Waals surface area contributed by atoms with Crippen molar-refractivity contribution >= 4 is 16.0 Å². The van der Waals surface area contributed by atoms with Crippen molar-refractivity contribution in [2.75, 3.05) is 45.1 Å². The largest absolute Gasteiger partial charge is 0.487 e. The zero-order valence-corrected chi connectivity index (χ0v) is 22.1. The molecule has 0 atom stereocenters. The van der Waals surface area contributed by atoms with Gasteiger partial charge in [-0.25, -0.2) is 21.5 Å². The first kappa shape index (κ1) is 27.3. The maximum Gasteiger partial charge on any atom is 0.302 e. The van der Waals surface area contributed by atoms with Gasteiger partial charge in [0.15, 0.2) is 17.4 Å². The number of nitrogens with zero attached hydrogens (tertiary/aromatic N) is 2. The van der Waals surface area contributed by atoms with Gasteiger partial charge in [-0.1, -0.05) is 0 Å². The van der Waals surface area contributed by atoms with Crippen LogP contribution >= 0.6 is 0 Å². The fourth-order valence-corrected chi connectivity index (χ4v) is 6.85. The molecule has 0 radical (unpaired) electrons. The first-order chi connectivity index (χ1) is 17.1. The maximum atomic E-state index is 14.8. The highest BCUT2D eigenvalue weighted by Crippen LogP contribution is 2.43. The molecule has 1 aliphatic carbocycles. The quantitative estimate of drug-likeness (QED) is 0.337. The van der Waals surface area contributed by atoms with Crippen LogP contribution in [0, 0.1) is 17.6 Å². The topological polar surface area (TPSA) is 76.2 Å². The molecule has 10 heteroatoms. The van der Waals surface area contributed by atoms with Crippen LogP contribution in [0.3, 0.4) is 0 Å². The molecule has 1 aromatic rings. The second-order valence-electron chi connectivity index (χ2n) is 10.7. The van der Waals surface area contributed by atoms with E-state index in [0.717, 1.165) is 25.9 Å². The van der Waals surface area contributed by atoms with E-state index in [2.05, 4.69) is 11.8 Å². The number of carbonyl (C=O) groups is 1. The first-order valence-corrected chi connectivity index (χ1v) is 14.7. The standard InChI is InChI=1S/C26H38F2N2O5S/c1-19(31)34-14-3-15-36(32,33)30-12-6-21(7-13-30)22-16-23(27)25(24(28)17-22)35-18-20-4-10-29(11-5-20)26(2)8-9-26/h16-17,20-21H,3-15,18H2,1-2H3. The summed E-state index contributed by atoms with van der Waals surface area (Å²) < 4.78 is 66.6. The van der Waals surface area contributed by atoms with Crippen molar-refractivity contribution in [3.8, 4) is 5.75 Å². The number of hydrogen-bond acceptors (Lipinski definition) is 6. The number of esters is 1. The summed E-state index contributed by atoms with van der Waals surface area (Å²) in [6, 6.07) is 2.67. The Labute approximate surface area is 213 Å². The monoisotopic (exact) mass is 528 g/mol. The number of hydrogen-bond donors (Lipinski definition) is 0. The van der Waals surface area contributed by atoms with Crippen LogP contribution in [0.4, 0.5) is 8.78 Å². The van der Waals surface area contributed by atoms with Crippen molar-refractivity contribution < 1.29 is 31.5 Å². The van der Waals surface area contributed by atoms with E-state index in [-0.39, 0.29) is 30.4 Å². The van der Waals surface area contributed by atoms with Gasteiger partial charge in [0.25, 0.3) is 0 Å². The Morgan fingerprint density at radius 3 is 2.22 bits per heavy atom. The molecule has 1 aromatic carbocycles. The average Bonchev–Trinajstić information content (AvgIpc) is 3.60. The average molecular weight is 529 g/mol. The highest BCUT2D eigenvalue weighted by atomic mass is 32.2. The molecular formula is C26H38F2N2O5S. The molecule has 0 aromatic heterocycles. The number of ether oxygens (including phenoxy) is 2. The lowest BCUT2D eigenvalue weighted by Crippen LogP contribution is -2.42. The number of rotatable bonds is 10. The summed E-state index contributed by atoms with van der Waals surface area (Å²) in [7, 11) is -3.47. The van der Waals surface area contributed by atoms with Crippen LogP contribution in [-0.2, 0) is 19.6 Å². The Morgan fingerprint density at radius 1 is 1.06 bits per heavy atom. The summed E-state index contributed by atoms with van der Waals surface area (Å²) in [6.07, 6.45) is 5.66. The van der Waals surface area contributed by atoms with Gasteiger partial charge in [-0.2, -0.15) is 0 Å². The molecule has 0 bridgehead atoms. The van der Waals surface area contributed by atoms with Crippen molar-refractivity contribution in [3.63, 3.8) is 0 Å². The molecule has 7 nitrogen and oxygen atoms in total. The van der Waals surface area contributed by atoms with Gasteiger partial charge in [-0.15, -0.1) is 0 Å². The smallest absolute Gasteiger partial charge is 0.302 e. The SMILES string of the molecule is CC(=O)OCCCS(=O)(=O)N1CCC(c2cc(F)c(OCC3CCN(C4(C)CC4)CC3)c(F)c2)CC1. The van der Waals surface area contributed by atoms with Crippen LogP contribution in [-0.4, -0.2) is 74.3 Å². The van der Waals surface area contributed by atoms with E-state index >= 15 is 0 Å². The number of carbonyl (C=O) groups excluding carboxylic acids is 1. The maximum absolute atomic E-state index is 14.8. The predicted octanol–water partition coefficient (Wildman–Crippen LogP) is 4.07. The van der Waals surface area contributed by atoms with E-state index in [1.165, 1.54) is 36.2 Å². The summed E-state index contributed by atoms with van der Waals surface area (Å²) in [5.74, 6) is -2.08. The van der Waals surface area contributed by atoms with Gasteiger partial charge >= 0.3 is 5.97 Å². The third-order valence-electron chi connectivity index (χ3n) is 8.01. The van der Waals surface area contributed by atoms with E-state index < -0.39 is 27.6 Å².